The minimum atomic E-state index is -0.103. The summed E-state index contributed by atoms with van der Waals surface area (Å²) in [5, 5.41) is 3.01. The van der Waals surface area contributed by atoms with Crippen LogP contribution in [0.4, 0.5) is 5.69 Å². The Balaban J connectivity index is 1.34. The lowest BCUT2D eigenvalue weighted by molar-refractivity contribution is 0.0954. The van der Waals surface area contributed by atoms with E-state index in [0.29, 0.717) is 17.9 Å². The molecule has 1 unspecified atom stereocenters. The van der Waals surface area contributed by atoms with E-state index in [1.807, 2.05) is 41.6 Å². The molecule has 5 heteroatoms. The van der Waals surface area contributed by atoms with Gasteiger partial charge in [-0.3, -0.25) is 9.79 Å². The maximum Gasteiger partial charge on any atom is 0.251 e. The second-order valence-corrected chi connectivity index (χ2v) is 7.72. The van der Waals surface area contributed by atoms with Gasteiger partial charge in [0.2, 0.25) is 0 Å². The summed E-state index contributed by atoms with van der Waals surface area (Å²) in [6.45, 7) is 3.45. The normalized spacial score (nSPS) is 15.2. The zero-order valence-electron chi connectivity index (χ0n) is 17.9. The van der Waals surface area contributed by atoms with E-state index in [0.717, 1.165) is 18.7 Å². The van der Waals surface area contributed by atoms with E-state index in [-0.39, 0.29) is 11.9 Å². The molecule has 1 aliphatic rings. The molecule has 0 fully saturated rings. The smallest absolute Gasteiger partial charge is 0.251 e. The summed E-state index contributed by atoms with van der Waals surface area (Å²) in [7, 11) is 1.62. The summed E-state index contributed by atoms with van der Waals surface area (Å²) in [6, 6.07) is 24.6. The molecule has 0 bridgehead atoms. The Morgan fingerprint density at radius 2 is 1.81 bits per heavy atom. The first kappa shape index (κ1) is 20.7. The Hall–Kier alpha value is -3.60. The van der Waals surface area contributed by atoms with Crippen molar-refractivity contribution in [3.63, 3.8) is 0 Å². The molecular formula is C26H27N3O2. The number of nitrogens with zero attached hydrogens (tertiary/aromatic N) is 2. The molecule has 1 N–H and O–H groups in total. The summed E-state index contributed by atoms with van der Waals surface area (Å²) in [5.74, 6) is 0.568. The Morgan fingerprint density at radius 3 is 2.48 bits per heavy atom. The second kappa shape index (κ2) is 9.47. The first-order chi connectivity index (χ1) is 15.1. The molecule has 1 amide bonds. The molecule has 3 aromatic carbocycles. The topological polar surface area (TPSA) is 53.9 Å². The zero-order chi connectivity index (χ0) is 21.6. The lowest BCUT2D eigenvalue weighted by atomic mass is 10.0. The zero-order valence-corrected chi connectivity index (χ0v) is 17.9. The van der Waals surface area contributed by atoms with Crippen LogP contribution >= 0.6 is 0 Å². The van der Waals surface area contributed by atoms with E-state index >= 15 is 0 Å². The number of amides is 1. The number of carbonyl (C=O) groups is 1. The molecule has 4 rings (SSSR count). The van der Waals surface area contributed by atoms with Gasteiger partial charge in [0, 0.05) is 18.7 Å². The second-order valence-electron chi connectivity index (χ2n) is 7.72. The number of nitrogens with one attached hydrogen (secondary N) is 1. The van der Waals surface area contributed by atoms with E-state index in [4.69, 9.17) is 4.74 Å². The SMILES string of the molecule is COc1cc(C(=O)NCCc2ccc(-c3ccccc3)cc2)ccc1N1C=NC(C)C1. The van der Waals surface area contributed by atoms with E-state index in [2.05, 4.69) is 53.6 Å². The van der Waals surface area contributed by atoms with Gasteiger partial charge in [0.1, 0.15) is 5.75 Å². The summed E-state index contributed by atoms with van der Waals surface area (Å²) >= 11 is 0. The number of benzene rings is 3. The average molecular weight is 414 g/mol. The van der Waals surface area contributed by atoms with Crippen LogP contribution in [0.2, 0.25) is 0 Å². The number of hydrogen-bond acceptors (Lipinski definition) is 4. The number of carbonyl (C=O) groups excluding carboxylic acids is 1. The predicted octanol–water partition coefficient (Wildman–Crippen LogP) is 4.57. The lowest BCUT2D eigenvalue weighted by Crippen LogP contribution is -2.26. The Labute approximate surface area is 183 Å². The minimum absolute atomic E-state index is 0.103. The molecule has 5 nitrogen and oxygen atoms in total. The van der Waals surface area contributed by atoms with Gasteiger partial charge in [-0.1, -0.05) is 54.6 Å². The van der Waals surface area contributed by atoms with E-state index in [1.165, 1.54) is 16.7 Å². The third-order valence-corrected chi connectivity index (χ3v) is 5.43. The molecule has 1 heterocycles. The van der Waals surface area contributed by atoms with Crippen molar-refractivity contribution >= 4 is 17.9 Å². The average Bonchev–Trinajstić information content (AvgIpc) is 3.25. The molecular weight excluding hydrogens is 386 g/mol. The van der Waals surface area contributed by atoms with Gasteiger partial charge >= 0.3 is 0 Å². The first-order valence-electron chi connectivity index (χ1n) is 10.5. The van der Waals surface area contributed by atoms with E-state index in [1.54, 1.807) is 13.2 Å². The van der Waals surface area contributed by atoms with Crippen LogP contribution in [0.5, 0.6) is 5.75 Å². The van der Waals surface area contributed by atoms with Gasteiger partial charge in [0.15, 0.2) is 0 Å². The number of methoxy groups -OCH3 is 1. The Morgan fingerprint density at radius 1 is 1.06 bits per heavy atom. The van der Waals surface area contributed by atoms with Crippen molar-refractivity contribution in [3.05, 3.63) is 83.9 Å². The van der Waals surface area contributed by atoms with Crippen LogP contribution in [-0.4, -0.2) is 38.5 Å². The fourth-order valence-electron chi connectivity index (χ4n) is 3.71. The Bertz CT molecular complexity index is 1060. The van der Waals surface area contributed by atoms with Gasteiger partial charge in [-0.15, -0.1) is 0 Å². The highest BCUT2D eigenvalue weighted by atomic mass is 16.5. The van der Waals surface area contributed by atoms with E-state index < -0.39 is 0 Å². The molecule has 31 heavy (non-hydrogen) atoms. The Kier molecular flexibility index (Phi) is 6.32. The molecule has 0 spiro atoms. The quantitative estimate of drug-likeness (QED) is 0.617. The largest absolute Gasteiger partial charge is 0.495 e. The highest BCUT2D eigenvalue weighted by molar-refractivity contribution is 5.96. The third kappa shape index (κ3) is 4.94. The van der Waals surface area contributed by atoms with Crippen molar-refractivity contribution in [1.82, 2.24) is 5.32 Å². The van der Waals surface area contributed by atoms with Gasteiger partial charge in [0.05, 0.1) is 25.2 Å². The molecule has 3 aromatic rings. The van der Waals surface area contributed by atoms with Gasteiger partial charge in [0.25, 0.3) is 5.91 Å². The van der Waals surface area contributed by atoms with Crippen LogP contribution in [0.25, 0.3) is 11.1 Å². The van der Waals surface area contributed by atoms with Gasteiger partial charge in [-0.2, -0.15) is 0 Å². The van der Waals surface area contributed by atoms with Crippen LogP contribution in [0.3, 0.4) is 0 Å². The van der Waals surface area contributed by atoms with Crippen molar-refractivity contribution in [2.24, 2.45) is 4.99 Å². The fraction of sp³-hybridized carbons (Fsp3) is 0.231. The van der Waals surface area contributed by atoms with Gasteiger partial charge in [-0.25, -0.2) is 0 Å². The predicted molar refractivity (Wildman–Crippen MR) is 126 cm³/mol. The molecule has 0 saturated carbocycles. The molecule has 0 radical (unpaired) electrons. The molecule has 1 aliphatic heterocycles. The van der Waals surface area contributed by atoms with Crippen molar-refractivity contribution in [3.8, 4) is 16.9 Å². The highest BCUT2D eigenvalue weighted by Crippen LogP contribution is 2.30. The number of anilines is 1. The first-order valence-corrected chi connectivity index (χ1v) is 10.5. The number of ether oxygens (including phenoxy) is 1. The minimum Gasteiger partial charge on any atom is -0.495 e. The fourth-order valence-corrected chi connectivity index (χ4v) is 3.71. The maximum atomic E-state index is 12.6. The van der Waals surface area contributed by atoms with Crippen molar-refractivity contribution < 1.29 is 9.53 Å². The van der Waals surface area contributed by atoms with Crippen LogP contribution in [-0.2, 0) is 6.42 Å². The molecule has 0 aromatic heterocycles. The molecule has 0 aliphatic carbocycles. The molecule has 0 saturated heterocycles. The standard InChI is InChI=1S/C26H27N3O2/c1-19-17-29(18-28-19)24-13-12-23(16-25(24)31-2)26(30)27-15-14-20-8-10-22(11-9-20)21-6-4-3-5-7-21/h3-13,16,18-19H,14-15,17H2,1-2H3,(H,27,30). The lowest BCUT2D eigenvalue weighted by Gasteiger charge is -2.19. The number of rotatable bonds is 7. The third-order valence-electron chi connectivity index (χ3n) is 5.43. The van der Waals surface area contributed by atoms with Crippen molar-refractivity contribution in [2.45, 2.75) is 19.4 Å². The molecule has 158 valence electrons. The van der Waals surface area contributed by atoms with Gasteiger partial charge in [-0.05, 0) is 48.2 Å². The summed E-state index contributed by atoms with van der Waals surface area (Å²) in [5.41, 5.74) is 5.10. The molecule has 1 atom stereocenters. The van der Waals surface area contributed by atoms with Crippen LogP contribution < -0.4 is 15.0 Å². The number of hydrogen-bond donors (Lipinski definition) is 1. The monoisotopic (exact) mass is 413 g/mol. The maximum absolute atomic E-state index is 12.6. The summed E-state index contributed by atoms with van der Waals surface area (Å²) < 4.78 is 5.52. The summed E-state index contributed by atoms with van der Waals surface area (Å²) in [4.78, 5) is 19.1. The van der Waals surface area contributed by atoms with Gasteiger partial charge < -0.3 is 15.0 Å². The van der Waals surface area contributed by atoms with Crippen LogP contribution in [0, 0.1) is 0 Å². The number of aliphatic imine (C=N–C) groups is 1. The van der Waals surface area contributed by atoms with Crippen LogP contribution in [0.1, 0.15) is 22.8 Å². The van der Waals surface area contributed by atoms with Crippen molar-refractivity contribution in [1.29, 1.82) is 0 Å². The van der Waals surface area contributed by atoms with Crippen molar-refractivity contribution in [2.75, 3.05) is 25.1 Å². The highest BCUT2D eigenvalue weighted by Gasteiger charge is 2.19. The summed E-state index contributed by atoms with van der Waals surface area (Å²) in [6.07, 6.45) is 2.60. The van der Waals surface area contributed by atoms with Crippen LogP contribution in [0.15, 0.2) is 77.8 Å². The van der Waals surface area contributed by atoms with E-state index in [9.17, 15) is 4.79 Å².